The molecule has 12 heteroatoms. The van der Waals surface area contributed by atoms with E-state index < -0.39 is 6.10 Å². The standard InChI is InChI=1S/C30H27Cl2N7O3/c1-41-30-24(15-36-20-9-13-42-16-25(20)40)37-14-23(39-30)19-6-2-4-17(26(19)31)18-5-3-7-21(27(18)32)38-29-28-22(8-10-35-29)33-11-12-34-28/h2-8,10-12,14,20,25,36,40H,9,13,15-16H2,1H3,(H,35,38)/t20-,25+/m1/s1. The number of hydrogen-bond acceptors (Lipinski definition) is 10. The van der Waals surface area contributed by atoms with E-state index in [4.69, 9.17) is 37.7 Å². The SMILES string of the molecule is COc1nc(-c2cccc(-c3cccc(Nc4nccc5nccnc45)c3Cl)c2Cl)cnc1CN[C@@H]1CCOC[C@@H]1O. The van der Waals surface area contributed by atoms with Gasteiger partial charge in [0.2, 0.25) is 5.88 Å². The Morgan fingerprint density at radius 1 is 0.952 bits per heavy atom. The zero-order valence-electron chi connectivity index (χ0n) is 22.6. The minimum absolute atomic E-state index is 0.0876. The summed E-state index contributed by atoms with van der Waals surface area (Å²) in [6.07, 6.45) is 6.73. The number of ether oxygens (including phenoxy) is 2. The van der Waals surface area contributed by atoms with Crippen LogP contribution in [0.5, 0.6) is 5.88 Å². The maximum absolute atomic E-state index is 10.2. The molecule has 0 bridgehead atoms. The first-order chi connectivity index (χ1) is 20.5. The Morgan fingerprint density at radius 3 is 2.57 bits per heavy atom. The molecular formula is C30H27Cl2N7O3. The van der Waals surface area contributed by atoms with E-state index in [0.29, 0.717) is 76.1 Å². The lowest BCUT2D eigenvalue weighted by Crippen LogP contribution is -2.46. The van der Waals surface area contributed by atoms with Crippen LogP contribution in [-0.4, -0.2) is 62.5 Å². The zero-order valence-corrected chi connectivity index (χ0v) is 24.1. The summed E-state index contributed by atoms with van der Waals surface area (Å²) >= 11 is 13.9. The van der Waals surface area contributed by atoms with Gasteiger partial charge in [0.15, 0.2) is 5.82 Å². The van der Waals surface area contributed by atoms with Crippen LogP contribution in [0.2, 0.25) is 10.0 Å². The predicted molar refractivity (Wildman–Crippen MR) is 162 cm³/mol. The van der Waals surface area contributed by atoms with E-state index in [-0.39, 0.29) is 6.04 Å². The fraction of sp³-hybridized carbons (Fsp3) is 0.233. The van der Waals surface area contributed by atoms with Crippen molar-refractivity contribution in [3.05, 3.63) is 83.0 Å². The Morgan fingerprint density at radius 2 is 1.74 bits per heavy atom. The molecule has 0 amide bonds. The van der Waals surface area contributed by atoms with E-state index in [1.807, 2.05) is 36.4 Å². The number of methoxy groups -OCH3 is 1. The number of nitrogens with zero attached hydrogens (tertiary/aromatic N) is 5. The Kier molecular flexibility index (Phi) is 8.41. The number of halogens is 2. The third-order valence-electron chi connectivity index (χ3n) is 7.07. The summed E-state index contributed by atoms with van der Waals surface area (Å²) in [5, 5.41) is 17.7. The number of aromatic nitrogens is 5. The number of fused-ring (bicyclic) bond motifs is 1. The molecule has 0 spiro atoms. The molecule has 4 heterocycles. The number of anilines is 2. The van der Waals surface area contributed by atoms with Gasteiger partial charge in [-0.2, -0.15) is 0 Å². The molecule has 3 N–H and O–H groups in total. The van der Waals surface area contributed by atoms with Crippen molar-refractivity contribution in [2.45, 2.75) is 25.1 Å². The van der Waals surface area contributed by atoms with E-state index in [9.17, 15) is 5.11 Å². The second kappa shape index (κ2) is 12.5. The number of aliphatic hydroxyl groups is 1. The number of benzene rings is 2. The number of nitrogens with one attached hydrogen (secondary N) is 2. The highest BCUT2D eigenvalue weighted by atomic mass is 35.5. The van der Waals surface area contributed by atoms with Gasteiger partial charge < -0.3 is 25.2 Å². The van der Waals surface area contributed by atoms with Gasteiger partial charge in [-0.1, -0.05) is 53.5 Å². The summed E-state index contributed by atoms with van der Waals surface area (Å²) in [5.41, 5.74) is 5.32. The molecule has 0 unspecified atom stereocenters. The molecule has 0 saturated carbocycles. The van der Waals surface area contributed by atoms with E-state index in [1.54, 1.807) is 38.0 Å². The molecule has 2 aromatic carbocycles. The molecule has 1 fully saturated rings. The van der Waals surface area contributed by atoms with Crippen LogP contribution in [0.3, 0.4) is 0 Å². The lowest BCUT2D eigenvalue weighted by molar-refractivity contribution is -0.0281. The minimum Gasteiger partial charge on any atom is -0.480 e. The molecule has 6 rings (SSSR count). The molecule has 1 saturated heterocycles. The van der Waals surface area contributed by atoms with Crippen molar-refractivity contribution in [2.24, 2.45) is 0 Å². The topological polar surface area (TPSA) is 127 Å². The van der Waals surface area contributed by atoms with E-state index >= 15 is 0 Å². The Labute approximate surface area is 252 Å². The highest BCUT2D eigenvalue weighted by Gasteiger charge is 2.24. The average molecular weight is 604 g/mol. The lowest BCUT2D eigenvalue weighted by atomic mass is 10.0. The Balaban J connectivity index is 1.29. The van der Waals surface area contributed by atoms with Gasteiger partial charge >= 0.3 is 0 Å². The van der Waals surface area contributed by atoms with Crippen molar-refractivity contribution in [2.75, 3.05) is 25.6 Å². The van der Waals surface area contributed by atoms with Crippen molar-refractivity contribution in [3.8, 4) is 28.3 Å². The summed E-state index contributed by atoms with van der Waals surface area (Å²) in [7, 11) is 1.55. The van der Waals surface area contributed by atoms with Crippen LogP contribution in [0.15, 0.2) is 67.3 Å². The van der Waals surface area contributed by atoms with Crippen LogP contribution < -0.4 is 15.4 Å². The molecule has 10 nitrogen and oxygen atoms in total. The first-order valence-electron chi connectivity index (χ1n) is 13.3. The number of hydrogen-bond donors (Lipinski definition) is 3. The van der Waals surface area contributed by atoms with E-state index in [1.165, 1.54) is 0 Å². The summed E-state index contributed by atoms with van der Waals surface area (Å²) in [4.78, 5) is 22.5. The van der Waals surface area contributed by atoms with E-state index in [2.05, 4.69) is 30.6 Å². The van der Waals surface area contributed by atoms with Gasteiger partial charge in [-0.3, -0.25) is 9.97 Å². The van der Waals surface area contributed by atoms with Gasteiger partial charge in [-0.25, -0.2) is 15.0 Å². The molecule has 3 aromatic heterocycles. The zero-order chi connectivity index (χ0) is 29.1. The minimum atomic E-state index is -0.573. The van der Waals surface area contributed by atoms with Crippen LogP contribution in [-0.2, 0) is 11.3 Å². The van der Waals surface area contributed by atoms with Crippen LogP contribution >= 0.6 is 23.2 Å². The maximum Gasteiger partial charge on any atom is 0.237 e. The fourth-order valence-electron chi connectivity index (χ4n) is 4.89. The maximum atomic E-state index is 10.2. The van der Waals surface area contributed by atoms with Crippen molar-refractivity contribution in [3.63, 3.8) is 0 Å². The largest absolute Gasteiger partial charge is 0.480 e. The Bertz CT molecular complexity index is 1730. The molecule has 1 aliphatic rings. The third-order valence-corrected chi connectivity index (χ3v) is 7.88. The third kappa shape index (κ3) is 5.72. The molecule has 214 valence electrons. The van der Waals surface area contributed by atoms with Crippen LogP contribution in [0.25, 0.3) is 33.4 Å². The summed E-state index contributed by atoms with van der Waals surface area (Å²) in [5.74, 6) is 0.917. The smallest absolute Gasteiger partial charge is 0.237 e. The van der Waals surface area contributed by atoms with Crippen LogP contribution in [0.1, 0.15) is 12.1 Å². The van der Waals surface area contributed by atoms with Crippen molar-refractivity contribution < 1.29 is 14.6 Å². The van der Waals surface area contributed by atoms with Crippen LogP contribution in [0, 0.1) is 0 Å². The molecule has 1 aliphatic heterocycles. The van der Waals surface area contributed by atoms with Gasteiger partial charge in [0.05, 0.1) is 53.0 Å². The summed E-state index contributed by atoms with van der Waals surface area (Å²) < 4.78 is 10.9. The summed E-state index contributed by atoms with van der Waals surface area (Å²) in [6.45, 7) is 1.30. The highest BCUT2D eigenvalue weighted by molar-refractivity contribution is 6.39. The second-order valence-corrected chi connectivity index (χ2v) is 10.4. The van der Waals surface area contributed by atoms with Gasteiger partial charge in [0.1, 0.15) is 11.2 Å². The van der Waals surface area contributed by atoms with Crippen molar-refractivity contribution >= 4 is 45.7 Å². The summed E-state index contributed by atoms with van der Waals surface area (Å²) in [6, 6.07) is 13.0. The number of pyridine rings is 1. The fourth-order valence-corrected chi connectivity index (χ4v) is 5.49. The number of rotatable bonds is 8. The predicted octanol–water partition coefficient (Wildman–Crippen LogP) is 5.45. The molecule has 0 radical (unpaired) electrons. The highest BCUT2D eigenvalue weighted by Crippen LogP contribution is 2.42. The molecule has 0 aliphatic carbocycles. The molecule has 2 atom stereocenters. The lowest BCUT2D eigenvalue weighted by Gasteiger charge is -2.28. The van der Waals surface area contributed by atoms with Crippen molar-refractivity contribution in [1.82, 2.24) is 30.2 Å². The van der Waals surface area contributed by atoms with Gasteiger partial charge in [0.25, 0.3) is 0 Å². The first kappa shape index (κ1) is 28.2. The van der Waals surface area contributed by atoms with Crippen molar-refractivity contribution in [1.29, 1.82) is 0 Å². The quantitative estimate of drug-likeness (QED) is 0.211. The molecule has 5 aromatic rings. The monoisotopic (exact) mass is 603 g/mol. The average Bonchev–Trinajstić information content (AvgIpc) is 3.02. The number of aliphatic hydroxyl groups excluding tert-OH is 1. The Hall–Kier alpha value is -3.93. The van der Waals surface area contributed by atoms with Crippen LogP contribution in [0.4, 0.5) is 11.5 Å². The van der Waals surface area contributed by atoms with Gasteiger partial charge in [-0.15, -0.1) is 0 Å². The van der Waals surface area contributed by atoms with Gasteiger partial charge in [0, 0.05) is 54.5 Å². The van der Waals surface area contributed by atoms with Gasteiger partial charge in [-0.05, 0) is 18.6 Å². The molecular weight excluding hydrogens is 577 g/mol. The van der Waals surface area contributed by atoms with E-state index in [0.717, 1.165) is 16.6 Å². The second-order valence-electron chi connectivity index (χ2n) is 9.67. The molecule has 42 heavy (non-hydrogen) atoms. The first-order valence-corrected chi connectivity index (χ1v) is 14.1. The normalized spacial score (nSPS) is 16.9.